The first-order valence-electron chi connectivity index (χ1n) is 7.09. The first-order valence-corrected chi connectivity index (χ1v) is 7.09. The van der Waals surface area contributed by atoms with Crippen molar-refractivity contribution in [2.45, 2.75) is 18.9 Å². The molecule has 2 heterocycles. The van der Waals surface area contributed by atoms with Crippen LogP contribution in [0.2, 0.25) is 0 Å². The van der Waals surface area contributed by atoms with Crippen molar-refractivity contribution in [3.63, 3.8) is 0 Å². The molecule has 1 unspecified atom stereocenters. The van der Waals surface area contributed by atoms with Gasteiger partial charge in [0.2, 0.25) is 0 Å². The Labute approximate surface area is 121 Å². The van der Waals surface area contributed by atoms with Crippen molar-refractivity contribution in [2.24, 2.45) is 0 Å². The van der Waals surface area contributed by atoms with Gasteiger partial charge in [0, 0.05) is 0 Å². The van der Waals surface area contributed by atoms with Gasteiger partial charge in [-0.2, -0.15) is 0 Å². The average Bonchev–Trinajstić information content (AvgIpc) is 2.55. The lowest BCUT2D eigenvalue weighted by Gasteiger charge is -2.26. The van der Waals surface area contributed by atoms with Crippen LogP contribution in [0.3, 0.4) is 0 Å². The molecule has 3 nitrogen and oxygen atoms in total. The zero-order valence-electron chi connectivity index (χ0n) is 11.4. The third kappa shape index (κ3) is 2.02. The molecule has 0 spiro atoms. The summed E-state index contributed by atoms with van der Waals surface area (Å²) in [7, 11) is 0. The van der Waals surface area contributed by atoms with Crippen molar-refractivity contribution in [1.29, 1.82) is 0 Å². The molecule has 0 fully saturated rings. The number of benzene rings is 2. The second-order valence-electron chi connectivity index (χ2n) is 5.25. The summed E-state index contributed by atoms with van der Waals surface area (Å²) in [6.07, 6.45) is 1.46. The molecule has 21 heavy (non-hydrogen) atoms. The van der Waals surface area contributed by atoms with E-state index in [2.05, 4.69) is 12.1 Å². The van der Waals surface area contributed by atoms with Crippen LogP contribution in [0.5, 0.6) is 5.75 Å². The van der Waals surface area contributed by atoms with E-state index in [1.54, 1.807) is 6.07 Å². The Morgan fingerprint density at radius 2 is 1.71 bits per heavy atom. The fourth-order valence-electron chi connectivity index (χ4n) is 2.89. The highest BCUT2D eigenvalue weighted by Gasteiger charge is 2.26. The highest BCUT2D eigenvalue weighted by atomic mass is 16.5. The first kappa shape index (κ1) is 12.2. The molecule has 0 amide bonds. The van der Waals surface area contributed by atoms with Crippen molar-refractivity contribution in [2.75, 3.05) is 0 Å². The summed E-state index contributed by atoms with van der Waals surface area (Å²) >= 11 is 0. The van der Waals surface area contributed by atoms with Crippen LogP contribution in [0.1, 0.15) is 23.7 Å². The van der Waals surface area contributed by atoms with Crippen molar-refractivity contribution in [3.8, 4) is 5.75 Å². The van der Waals surface area contributed by atoms with Crippen molar-refractivity contribution in [3.05, 3.63) is 76.1 Å². The Morgan fingerprint density at radius 1 is 0.952 bits per heavy atom. The summed E-state index contributed by atoms with van der Waals surface area (Å²) in [5.74, 6) is 0.682. The molecular formula is C18H14O3. The Kier molecular flexibility index (Phi) is 2.78. The largest absolute Gasteiger partial charge is 0.484 e. The quantitative estimate of drug-likeness (QED) is 0.634. The van der Waals surface area contributed by atoms with E-state index in [-0.39, 0.29) is 11.7 Å². The molecule has 3 aromatic rings. The Morgan fingerprint density at radius 3 is 2.57 bits per heavy atom. The van der Waals surface area contributed by atoms with Crippen LogP contribution in [0.4, 0.5) is 0 Å². The predicted octanol–water partition coefficient (Wildman–Crippen LogP) is 3.86. The molecule has 1 aliphatic rings. The van der Waals surface area contributed by atoms with E-state index >= 15 is 0 Å². The van der Waals surface area contributed by atoms with Crippen LogP contribution in [0.25, 0.3) is 11.0 Å². The number of hydrogen-bond donors (Lipinski definition) is 0. The van der Waals surface area contributed by atoms with Gasteiger partial charge >= 0.3 is 5.63 Å². The SMILES string of the molecule is O=c1oc2ccccc2c2c1CCC(c1ccccc1)O2. The Balaban J connectivity index is 1.86. The van der Waals surface area contributed by atoms with Gasteiger partial charge in [-0.1, -0.05) is 42.5 Å². The predicted molar refractivity (Wildman–Crippen MR) is 80.6 cm³/mol. The standard InChI is InChI=1S/C18H14O3/c19-18-14-10-11-15(12-6-2-1-3-7-12)20-17(14)13-8-4-5-9-16(13)21-18/h1-9,15H,10-11H2. The second kappa shape index (κ2) is 4.77. The lowest BCUT2D eigenvalue weighted by Crippen LogP contribution is -2.21. The summed E-state index contributed by atoms with van der Waals surface area (Å²) in [5, 5.41) is 0.868. The number of ether oxygens (including phenoxy) is 1. The van der Waals surface area contributed by atoms with Crippen molar-refractivity contribution in [1.82, 2.24) is 0 Å². The summed E-state index contributed by atoms with van der Waals surface area (Å²) in [6, 6.07) is 17.6. The van der Waals surface area contributed by atoms with Gasteiger partial charge in [0.05, 0.1) is 10.9 Å². The van der Waals surface area contributed by atoms with E-state index in [4.69, 9.17) is 9.15 Å². The van der Waals surface area contributed by atoms with Crippen molar-refractivity contribution < 1.29 is 9.15 Å². The Hall–Kier alpha value is -2.55. The maximum Gasteiger partial charge on any atom is 0.343 e. The molecule has 0 saturated heterocycles. The zero-order chi connectivity index (χ0) is 14.2. The molecular weight excluding hydrogens is 264 g/mol. The second-order valence-corrected chi connectivity index (χ2v) is 5.25. The smallest absolute Gasteiger partial charge is 0.343 e. The van der Waals surface area contributed by atoms with E-state index < -0.39 is 0 Å². The maximum atomic E-state index is 12.1. The van der Waals surface area contributed by atoms with E-state index in [9.17, 15) is 4.79 Å². The van der Waals surface area contributed by atoms with Crippen LogP contribution < -0.4 is 10.4 Å². The maximum absolute atomic E-state index is 12.1. The van der Waals surface area contributed by atoms with E-state index in [1.165, 1.54) is 0 Å². The molecule has 4 rings (SSSR count). The van der Waals surface area contributed by atoms with Gasteiger partial charge in [-0.25, -0.2) is 4.79 Å². The molecule has 1 aromatic heterocycles. The van der Waals surface area contributed by atoms with Gasteiger partial charge in [-0.3, -0.25) is 0 Å². The van der Waals surface area contributed by atoms with Gasteiger partial charge in [-0.05, 0) is 30.5 Å². The minimum absolute atomic E-state index is 0.0103. The topological polar surface area (TPSA) is 39.4 Å². The molecule has 0 saturated carbocycles. The molecule has 1 aliphatic heterocycles. The van der Waals surface area contributed by atoms with Crippen LogP contribution in [0, 0.1) is 0 Å². The number of fused-ring (bicyclic) bond motifs is 3. The number of hydrogen-bond acceptors (Lipinski definition) is 3. The highest BCUT2D eigenvalue weighted by molar-refractivity contribution is 5.84. The molecule has 2 aromatic carbocycles. The molecule has 0 N–H and O–H groups in total. The third-order valence-corrected chi connectivity index (χ3v) is 3.94. The average molecular weight is 278 g/mol. The van der Waals surface area contributed by atoms with Gasteiger partial charge in [-0.15, -0.1) is 0 Å². The van der Waals surface area contributed by atoms with Gasteiger partial charge in [0.1, 0.15) is 17.4 Å². The minimum atomic E-state index is -0.282. The van der Waals surface area contributed by atoms with Gasteiger partial charge in [0.15, 0.2) is 0 Å². The zero-order valence-corrected chi connectivity index (χ0v) is 11.4. The van der Waals surface area contributed by atoms with Crippen LogP contribution in [0.15, 0.2) is 63.8 Å². The number of rotatable bonds is 1. The lowest BCUT2D eigenvalue weighted by atomic mass is 9.97. The molecule has 0 bridgehead atoms. The first-order chi connectivity index (χ1) is 10.3. The van der Waals surface area contributed by atoms with Crippen molar-refractivity contribution >= 4 is 11.0 Å². The molecule has 1 atom stereocenters. The fourth-order valence-corrected chi connectivity index (χ4v) is 2.89. The van der Waals surface area contributed by atoms with Crippen LogP contribution in [-0.2, 0) is 6.42 Å². The van der Waals surface area contributed by atoms with Gasteiger partial charge in [0.25, 0.3) is 0 Å². The monoisotopic (exact) mass is 278 g/mol. The molecule has 0 radical (unpaired) electrons. The Bertz CT molecular complexity index is 849. The van der Waals surface area contributed by atoms with E-state index in [0.29, 0.717) is 23.3 Å². The molecule has 104 valence electrons. The summed E-state index contributed by atoms with van der Waals surface area (Å²) in [4.78, 5) is 12.1. The third-order valence-electron chi connectivity index (χ3n) is 3.94. The molecule has 3 heteroatoms. The lowest BCUT2D eigenvalue weighted by molar-refractivity contribution is 0.176. The normalized spacial score (nSPS) is 17.2. The summed E-state index contributed by atoms with van der Waals surface area (Å²) in [5.41, 5.74) is 2.09. The highest BCUT2D eigenvalue weighted by Crippen LogP contribution is 2.37. The summed E-state index contributed by atoms with van der Waals surface area (Å²) < 4.78 is 11.5. The van der Waals surface area contributed by atoms with E-state index in [1.807, 2.05) is 36.4 Å². The fraction of sp³-hybridized carbons (Fsp3) is 0.167. The van der Waals surface area contributed by atoms with Gasteiger partial charge < -0.3 is 9.15 Å². The summed E-state index contributed by atoms with van der Waals surface area (Å²) in [6.45, 7) is 0. The minimum Gasteiger partial charge on any atom is -0.484 e. The van der Waals surface area contributed by atoms with Crippen LogP contribution in [-0.4, -0.2) is 0 Å². The van der Waals surface area contributed by atoms with E-state index in [0.717, 1.165) is 17.4 Å². The van der Waals surface area contributed by atoms with Crippen LogP contribution >= 0.6 is 0 Å². The molecule has 0 aliphatic carbocycles. The number of para-hydroxylation sites is 1.